The van der Waals surface area contributed by atoms with Crippen molar-refractivity contribution in [3.63, 3.8) is 0 Å². The van der Waals surface area contributed by atoms with E-state index in [1.165, 1.54) is 4.90 Å². The molecule has 2 aromatic carbocycles. The van der Waals surface area contributed by atoms with Crippen LogP contribution in [-0.2, 0) is 11.1 Å². The third-order valence-electron chi connectivity index (χ3n) is 2.76. The third-order valence-corrected chi connectivity index (χ3v) is 5.66. The minimum absolute atomic E-state index is 0.280. The zero-order valence-corrected chi connectivity index (χ0v) is 12.5. The van der Waals surface area contributed by atoms with E-state index in [9.17, 15) is 0 Å². The molecule has 1 N–H and O–H groups in total. The fraction of sp³-hybridized carbons (Fsp3) is 0. The molecule has 2 nitrogen and oxygen atoms in total. The van der Waals surface area contributed by atoms with Crippen LogP contribution in [0.4, 0.5) is 0 Å². The minimum Gasteiger partial charge on any atom is -0.337 e. The monoisotopic (exact) mass is 331 g/mol. The Morgan fingerprint density at radius 1 is 0.895 bits per heavy atom. The van der Waals surface area contributed by atoms with E-state index in [4.69, 9.17) is 0 Å². The number of rotatable bonds is 2. The predicted molar refractivity (Wildman–Crippen MR) is 86.0 cm³/mol. The molecule has 4 heteroatoms. The van der Waals surface area contributed by atoms with Crippen LogP contribution in [0.15, 0.2) is 73.8 Å². The van der Waals surface area contributed by atoms with Crippen LogP contribution in [0.3, 0.4) is 0 Å². The minimum atomic E-state index is -0.280. The standard InChI is InChI=1S/C15H12BrN2S/c16-15-14(12-7-3-1-4-8-12)17-11-18-19(15)13-9-5-2-6-10-13/h1-11H,(H,17,18)/q+1. The van der Waals surface area contributed by atoms with Gasteiger partial charge in [-0.05, 0) is 16.5 Å². The molecule has 0 spiro atoms. The molecule has 1 unspecified atom stereocenters. The number of nitrogens with one attached hydrogen (secondary N) is 1. The lowest BCUT2D eigenvalue weighted by Crippen LogP contribution is -2.19. The van der Waals surface area contributed by atoms with Gasteiger partial charge in [0.05, 0.1) is 0 Å². The second kappa shape index (κ2) is 5.63. The van der Waals surface area contributed by atoms with Crippen LogP contribution >= 0.6 is 15.9 Å². The lowest BCUT2D eigenvalue weighted by molar-refractivity contribution is 1.31. The number of hydrogen-bond donors (Lipinski definition) is 1. The van der Waals surface area contributed by atoms with E-state index >= 15 is 0 Å². The third kappa shape index (κ3) is 2.60. The number of nitrogens with zero attached hydrogens (tertiary/aromatic N) is 1. The Hall–Kier alpha value is -1.52. The highest BCUT2D eigenvalue weighted by molar-refractivity contribution is 9.13. The normalized spacial score (nSPS) is 18.3. The second-order valence-electron chi connectivity index (χ2n) is 3.99. The van der Waals surface area contributed by atoms with Gasteiger partial charge < -0.3 is 5.32 Å². The first kappa shape index (κ1) is 12.5. The first-order valence-electron chi connectivity index (χ1n) is 5.90. The van der Waals surface area contributed by atoms with Crippen molar-refractivity contribution in [1.29, 1.82) is 0 Å². The summed E-state index contributed by atoms with van der Waals surface area (Å²) in [6, 6.07) is 20.6. The van der Waals surface area contributed by atoms with Crippen molar-refractivity contribution in [3.8, 4) is 0 Å². The summed E-state index contributed by atoms with van der Waals surface area (Å²) < 4.78 is 5.63. The number of halogens is 1. The van der Waals surface area contributed by atoms with Gasteiger partial charge in [-0.15, -0.1) is 0 Å². The summed E-state index contributed by atoms with van der Waals surface area (Å²) in [6.07, 6.45) is 1.78. The van der Waals surface area contributed by atoms with E-state index in [-0.39, 0.29) is 11.1 Å². The summed E-state index contributed by atoms with van der Waals surface area (Å²) in [7, 11) is 0. The van der Waals surface area contributed by atoms with Crippen molar-refractivity contribution < 1.29 is 0 Å². The molecule has 1 atom stereocenters. The number of benzene rings is 2. The van der Waals surface area contributed by atoms with Gasteiger partial charge in [0.1, 0.15) is 12.0 Å². The zero-order valence-electron chi connectivity index (χ0n) is 10.1. The van der Waals surface area contributed by atoms with E-state index in [1.807, 2.05) is 36.4 Å². The van der Waals surface area contributed by atoms with E-state index < -0.39 is 0 Å². The van der Waals surface area contributed by atoms with Crippen molar-refractivity contribution in [2.45, 2.75) is 4.90 Å². The van der Waals surface area contributed by atoms with Crippen molar-refractivity contribution in [1.82, 2.24) is 5.32 Å². The maximum Gasteiger partial charge on any atom is 0.255 e. The molecule has 1 aliphatic rings. The smallest absolute Gasteiger partial charge is 0.255 e. The molecular weight excluding hydrogens is 320 g/mol. The summed E-state index contributed by atoms with van der Waals surface area (Å²) in [5.74, 6) is 0. The van der Waals surface area contributed by atoms with Gasteiger partial charge >= 0.3 is 0 Å². The van der Waals surface area contributed by atoms with Gasteiger partial charge in [0.15, 0.2) is 4.90 Å². The molecule has 0 aromatic heterocycles. The zero-order chi connectivity index (χ0) is 13.1. The molecule has 0 radical (unpaired) electrons. The van der Waals surface area contributed by atoms with Crippen LogP contribution in [0, 0.1) is 0 Å². The molecule has 0 saturated carbocycles. The molecule has 0 aliphatic carbocycles. The van der Waals surface area contributed by atoms with E-state index in [1.54, 1.807) is 6.34 Å². The summed E-state index contributed by atoms with van der Waals surface area (Å²) in [5, 5.41) is 3.23. The Morgan fingerprint density at radius 2 is 1.53 bits per heavy atom. The first-order chi connectivity index (χ1) is 9.36. The van der Waals surface area contributed by atoms with Crippen molar-refractivity contribution >= 4 is 39.0 Å². The van der Waals surface area contributed by atoms with Gasteiger partial charge in [-0.3, -0.25) is 0 Å². The van der Waals surface area contributed by atoms with Crippen LogP contribution in [0.5, 0.6) is 0 Å². The molecule has 1 aliphatic heterocycles. The lowest BCUT2D eigenvalue weighted by Gasteiger charge is -2.12. The average molecular weight is 332 g/mol. The molecule has 94 valence electrons. The molecule has 0 amide bonds. The van der Waals surface area contributed by atoms with Crippen LogP contribution in [0.2, 0.25) is 0 Å². The molecule has 0 saturated heterocycles. The van der Waals surface area contributed by atoms with Crippen molar-refractivity contribution in [2.24, 2.45) is 4.40 Å². The van der Waals surface area contributed by atoms with Crippen LogP contribution in [0.25, 0.3) is 5.70 Å². The van der Waals surface area contributed by atoms with E-state index in [0.29, 0.717) is 0 Å². The fourth-order valence-corrected chi connectivity index (χ4v) is 4.38. The molecular formula is C15H12BrN2S+. The van der Waals surface area contributed by atoms with Crippen LogP contribution in [-0.4, -0.2) is 6.34 Å². The van der Waals surface area contributed by atoms with E-state index in [0.717, 1.165) is 15.1 Å². The summed E-state index contributed by atoms with van der Waals surface area (Å²) in [4.78, 5) is 1.21. The van der Waals surface area contributed by atoms with Crippen LogP contribution in [0.1, 0.15) is 5.56 Å². The first-order valence-corrected chi connectivity index (χ1v) is 7.87. The Balaban J connectivity index is 2.02. The van der Waals surface area contributed by atoms with Crippen molar-refractivity contribution in [2.75, 3.05) is 0 Å². The van der Waals surface area contributed by atoms with E-state index in [2.05, 4.69) is 49.9 Å². The molecule has 19 heavy (non-hydrogen) atoms. The molecule has 0 bridgehead atoms. The Morgan fingerprint density at radius 3 is 2.21 bits per heavy atom. The Labute approximate surface area is 123 Å². The maximum absolute atomic E-state index is 4.54. The average Bonchev–Trinajstić information content (AvgIpc) is 2.49. The second-order valence-corrected chi connectivity index (χ2v) is 6.97. The quantitative estimate of drug-likeness (QED) is 0.828. The highest BCUT2D eigenvalue weighted by atomic mass is 79.9. The van der Waals surface area contributed by atoms with Crippen LogP contribution < -0.4 is 5.32 Å². The SMILES string of the molecule is BrC1=C(c2ccccc2)NC=N[S+]1c1ccccc1. The van der Waals surface area contributed by atoms with Gasteiger partial charge in [-0.1, -0.05) is 48.5 Å². The number of hydrogen-bond acceptors (Lipinski definition) is 2. The van der Waals surface area contributed by atoms with Gasteiger partial charge in [0.25, 0.3) is 3.81 Å². The summed E-state index contributed by atoms with van der Waals surface area (Å²) in [6.45, 7) is 0. The summed E-state index contributed by atoms with van der Waals surface area (Å²) >= 11 is 3.43. The van der Waals surface area contributed by atoms with Gasteiger partial charge in [-0.25, -0.2) is 0 Å². The fourth-order valence-electron chi connectivity index (χ4n) is 1.86. The Kier molecular flexibility index (Phi) is 3.71. The summed E-state index contributed by atoms with van der Waals surface area (Å²) in [5.41, 5.74) is 2.25. The predicted octanol–water partition coefficient (Wildman–Crippen LogP) is 3.93. The van der Waals surface area contributed by atoms with Gasteiger partial charge in [0, 0.05) is 21.5 Å². The highest BCUT2D eigenvalue weighted by Gasteiger charge is 2.32. The van der Waals surface area contributed by atoms with Gasteiger partial charge in [0.2, 0.25) is 11.1 Å². The maximum atomic E-state index is 4.54. The Bertz CT molecular complexity index is 623. The highest BCUT2D eigenvalue weighted by Crippen LogP contribution is 2.34. The van der Waals surface area contributed by atoms with Crippen molar-refractivity contribution in [3.05, 3.63) is 70.0 Å². The molecule has 3 rings (SSSR count). The largest absolute Gasteiger partial charge is 0.337 e. The molecule has 1 heterocycles. The molecule has 0 fully saturated rings. The lowest BCUT2D eigenvalue weighted by atomic mass is 10.2. The molecule has 2 aromatic rings. The topological polar surface area (TPSA) is 24.4 Å². The van der Waals surface area contributed by atoms with Gasteiger partial charge in [-0.2, -0.15) is 0 Å².